The lowest BCUT2D eigenvalue weighted by atomic mass is 9.92. The van der Waals surface area contributed by atoms with Crippen molar-refractivity contribution in [2.24, 2.45) is 0 Å². The molecule has 0 aliphatic rings. The van der Waals surface area contributed by atoms with E-state index in [1.54, 1.807) is 0 Å². The number of hydrogen-bond acceptors (Lipinski definition) is 0. The highest BCUT2D eigenvalue weighted by Crippen LogP contribution is 2.27. The van der Waals surface area contributed by atoms with Gasteiger partial charge in [0, 0.05) is 0 Å². The minimum atomic E-state index is 0.855. The van der Waals surface area contributed by atoms with Crippen LogP contribution in [0.25, 0.3) is 11.1 Å². The molecule has 0 saturated carbocycles. The summed E-state index contributed by atoms with van der Waals surface area (Å²) in [4.78, 5) is 3.20. The number of benzene rings is 2. The van der Waals surface area contributed by atoms with Crippen molar-refractivity contribution < 1.29 is 4.79 Å². The Kier molecular flexibility index (Phi) is 11.4. The smallest absolute Gasteiger partial charge is 0.303 e. The van der Waals surface area contributed by atoms with Crippen molar-refractivity contribution in [3.63, 3.8) is 0 Å². The van der Waals surface area contributed by atoms with Crippen LogP contribution in [-0.4, -0.2) is 10.7 Å². The van der Waals surface area contributed by atoms with Crippen molar-refractivity contribution >= 4 is 11.4 Å². The van der Waals surface area contributed by atoms with Crippen molar-refractivity contribution in [3.8, 4) is 0 Å². The van der Waals surface area contributed by atoms with Crippen LogP contribution >= 0.6 is 0 Å². The van der Waals surface area contributed by atoms with Crippen LogP contribution in [0.5, 0.6) is 0 Å². The van der Waals surface area contributed by atoms with Gasteiger partial charge in [-0.3, -0.25) is 0 Å². The van der Waals surface area contributed by atoms with Crippen LogP contribution in [0.3, 0.4) is 0 Å². The van der Waals surface area contributed by atoms with Gasteiger partial charge in [0.1, 0.15) is 0 Å². The lowest BCUT2D eigenvalue weighted by molar-refractivity contribution is 0.00746. The normalized spacial score (nSPS) is 11.1. The molecule has 0 bridgehead atoms. The first kappa shape index (κ1) is 24.6. The van der Waals surface area contributed by atoms with Crippen molar-refractivity contribution in [2.45, 2.75) is 85.0 Å². The molecule has 0 N–H and O–H groups in total. The maximum Gasteiger partial charge on any atom is 0.303 e. The molecule has 2 heteroatoms. The van der Waals surface area contributed by atoms with E-state index < -0.39 is 0 Å². The number of rotatable bonds is 13. The van der Waals surface area contributed by atoms with E-state index in [0.717, 1.165) is 43.3 Å². The predicted molar refractivity (Wildman–Crippen MR) is 133 cm³/mol. The largest absolute Gasteiger partial charge is 0.348 e. The molecule has 2 nitrogen and oxygen atoms in total. The first-order chi connectivity index (χ1) is 15.2. The molecule has 0 radical (unpaired) electrons. The summed E-state index contributed by atoms with van der Waals surface area (Å²) in [5, 5.41) is 0. The van der Waals surface area contributed by atoms with Gasteiger partial charge in [-0.05, 0) is 72.4 Å². The van der Waals surface area contributed by atoms with Gasteiger partial charge in [-0.25, -0.2) is 0 Å². The third kappa shape index (κ3) is 8.54. The zero-order valence-electron chi connectivity index (χ0n) is 19.7. The molecule has 0 saturated heterocycles. The quantitative estimate of drug-likeness (QED) is 0.104. The number of aryl methyl sites for hydroxylation is 2. The Balaban J connectivity index is 2.39. The Morgan fingerprint density at radius 1 is 0.742 bits per heavy atom. The van der Waals surface area contributed by atoms with E-state index in [9.17, 15) is 0 Å². The minimum Gasteiger partial charge on any atom is -0.348 e. The molecule has 0 amide bonds. The zero-order valence-corrected chi connectivity index (χ0v) is 19.7. The molecule has 2 rings (SSSR count). The Morgan fingerprint density at radius 3 is 1.74 bits per heavy atom. The predicted octanol–water partition coefficient (Wildman–Crippen LogP) is 8.21. The Morgan fingerprint density at radius 2 is 1.26 bits per heavy atom. The third-order valence-corrected chi connectivity index (χ3v) is 5.73. The highest BCUT2D eigenvalue weighted by molar-refractivity contribution is 5.83. The topological polar surface area (TPSA) is 36.4 Å². The average molecular weight is 415 g/mol. The van der Waals surface area contributed by atoms with E-state index in [1.165, 1.54) is 54.4 Å². The molecule has 0 heterocycles. The van der Waals surface area contributed by atoms with Crippen LogP contribution in [0.2, 0.25) is 0 Å². The van der Waals surface area contributed by atoms with Crippen molar-refractivity contribution in [3.05, 3.63) is 88.0 Å². The second-order valence-corrected chi connectivity index (χ2v) is 8.35. The van der Waals surface area contributed by atoms with E-state index in [2.05, 4.69) is 86.0 Å². The summed E-state index contributed by atoms with van der Waals surface area (Å²) >= 11 is 0. The Labute approximate surface area is 189 Å². The molecule has 31 heavy (non-hydrogen) atoms. The lowest BCUT2D eigenvalue weighted by Crippen LogP contribution is -1.94. The molecular formula is C29H38N2. The fourth-order valence-corrected chi connectivity index (χ4v) is 3.76. The molecule has 0 spiro atoms. The molecule has 0 aromatic heterocycles. The molecule has 2 aromatic carbocycles. The van der Waals surface area contributed by atoms with Crippen molar-refractivity contribution in [2.75, 3.05) is 0 Å². The highest BCUT2D eigenvalue weighted by atomic mass is 14.8. The molecule has 0 atom stereocenters. The highest BCUT2D eigenvalue weighted by Gasteiger charge is 2.09. The van der Waals surface area contributed by atoms with Crippen LogP contribution in [-0.2, 0) is 12.8 Å². The van der Waals surface area contributed by atoms with Crippen LogP contribution < -0.4 is 0 Å². The van der Waals surface area contributed by atoms with Gasteiger partial charge < -0.3 is 5.53 Å². The molecule has 0 unspecified atom stereocenters. The maximum absolute atomic E-state index is 9.11. The first-order valence-corrected chi connectivity index (χ1v) is 12.1. The van der Waals surface area contributed by atoms with Crippen molar-refractivity contribution in [1.29, 1.82) is 0 Å². The van der Waals surface area contributed by atoms with Gasteiger partial charge >= 0.3 is 5.87 Å². The van der Waals surface area contributed by atoms with E-state index >= 15 is 0 Å². The van der Waals surface area contributed by atoms with E-state index in [4.69, 9.17) is 5.53 Å². The summed E-state index contributed by atoms with van der Waals surface area (Å²) in [7, 11) is 0. The van der Waals surface area contributed by atoms with Crippen LogP contribution in [0.4, 0.5) is 0 Å². The number of allylic oxidation sites excluding steroid dienone is 2. The molecule has 0 fully saturated rings. The number of nitrogens with zero attached hydrogens (tertiary/aromatic N) is 2. The number of hydrogen-bond donors (Lipinski definition) is 0. The molecule has 0 aliphatic carbocycles. The fourth-order valence-electron chi connectivity index (χ4n) is 3.76. The van der Waals surface area contributed by atoms with Crippen LogP contribution in [0.1, 0.15) is 94.4 Å². The Hall–Kier alpha value is -2.66. The van der Waals surface area contributed by atoms with Gasteiger partial charge in [0.2, 0.25) is 0 Å². The maximum atomic E-state index is 9.11. The van der Waals surface area contributed by atoms with E-state index in [1.807, 2.05) is 0 Å². The molecule has 2 aromatic rings. The minimum absolute atomic E-state index is 0.855. The summed E-state index contributed by atoms with van der Waals surface area (Å²) < 4.78 is 0. The summed E-state index contributed by atoms with van der Waals surface area (Å²) in [6.45, 7) is 6.64. The van der Waals surface area contributed by atoms with Gasteiger partial charge in [0.15, 0.2) is 0 Å². The molecular weight excluding hydrogens is 376 g/mol. The second kappa shape index (κ2) is 14.4. The monoisotopic (exact) mass is 414 g/mol. The molecule has 164 valence electrons. The van der Waals surface area contributed by atoms with Crippen LogP contribution in [0, 0.1) is 0 Å². The summed E-state index contributed by atoms with van der Waals surface area (Å²) in [5.41, 5.74) is 16.4. The van der Waals surface area contributed by atoms with E-state index in [-0.39, 0.29) is 0 Å². The van der Waals surface area contributed by atoms with Gasteiger partial charge in [0.05, 0.1) is 5.57 Å². The zero-order chi connectivity index (χ0) is 22.3. The van der Waals surface area contributed by atoms with Gasteiger partial charge in [-0.2, -0.15) is 0 Å². The first-order valence-electron chi connectivity index (χ1n) is 12.1. The van der Waals surface area contributed by atoms with E-state index in [0.29, 0.717) is 0 Å². The lowest BCUT2D eigenvalue weighted by Gasteiger charge is -2.11. The van der Waals surface area contributed by atoms with Crippen molar-refractivity contribution in [1.82, 2.24) is 0 Å². The second-order valence-electron chi connectivity index (χ2n) is 8.35. The molecule has 0 aliphatic heterocycles. The van der Waals surface area contributed by atoms with Gasteiger partial charge in [-0.1, -0.05) is 95.0 Å². The summed E-state index contributed by atoms with van der Waals surface area (Å²) in [6.07, 6.45) is 13.6. The summed E-state index contributed by atoms with van der Waals surface area (Å²) in [5.74, 6) is 2.79. The van der Waals surface area contributed by atoms with Gasteiger partial charge in [-0.15, -0.1) is 4.79 Å². The Bertz CT molecular complexity index is 891. The number of unbranched alkanes of at least 4 members (excludes halogenated alkanes) is 4. The fraction of sp³-hybridized carbons (Fsp3) is 0.448. The average Bonchev–Trinajstić information content (AvgIpc) is 2.80. The SMILES string of the molecule is CCCCCc1ccc(C(=CC(=C=[N+]=[N-])CCCC)c2ccc(CCCC)cc2)cc1. The van der Waals surface area contributed by atoms with Gasteiger partial charge in [0.25, 0.3) is 0 Å². The summed E-state index contributed by atoms with van der Waals surface area (Å²) in [6, 6.07) is 17.9. The van der Waals surface area contributed by atoms with Crippen LogP contribution in [0.15, 0.2) is 60.2 Å². The standard InChI is InChI=1S/C29H38N2/c1-4-7-10-13-25-16-20-28(21-17-25)29(22-26(23-31-30)12-9-6-3)27-18-14-24(15-19-27)11-8-5-2/h14-22H,4-13H2,1-3H3. The third-order valence-electron chi connectivity index (χ3n) is 5.73.